The molecule has 0 radical (unpaired) electrons. The van der Waals surface area contributed by atoms with Gasteiger partial charge in [0.05, 0.1) is 11.0 Å². The smallest absolute Gasteiger partial charge is 0.338 e. The Labute approximate surface area is 104 Å². The van der Waals surface area contributed by atoms with Crippen LogP contribution in [0.2, 0.25) is 0 Å². The molecule has 2 aromatic rings. The highest BCUT2D eigenvalue weighted by Crippen LogP contribution is 2.51. The Morgan fingerprint density at radius 3 is 2.22 bits per heavy atom. The largest absolute Gasteiger partial charge is 0.478 e. The SMILES string of the molecule is O=C(O)c1cnc(C2(c3ccccc3)CC2)nc1. The van der Waals surface area contributed by atoms with Crippen LogP contribution < -0.4 is 0 Å². The van der Waals surface area contributed by atoms with Crippen LogP contribution in [0.5, 0.6) is 0 Å². The molecular formula is C14H12N2O2. The zero-order valence-electron chi connectivity index (χ0n) is 9.71. The Kier molecular flexibility index (Phi) is 2.37. The summed E-state index contributed by atoms with van der Waals surface area (Å²) in [7, 11) is 0. The number of rotatable bonds is 3. The summed E-state index contributed by atoms with van der Waals surface area (Å²) in [5.41, 5.74) is 1.23. The second kappa shape index (κ2) is 3.91. The van der Waals surface area contributed by atoms with Crippen molar-refractivity contribution in [2.75, 3.05) is 0 Å². The normalized spacial score (nSPS) is 16.2. The minimum Gasteiger partial charge on any atom is -0.478 e. The maximum absolute atomic E-state index is 10.8. The summed E-state index contributed by atoms with van der Waals surface area (Å²) in [5.74, 6) is -0.273. The molecule has 1 aliphatic rings. The van der Waals surface area contributed by atoms with Crippen LogP contribution in [0.3, 0.4) is 0 Å². The monoisotopic (exact) mass is 240 g/mol. The summed E-state index contributed by atoms with van der Waals surface area (Å²) < 4.78 is 0. The van der Waals surface area contributed by atoms with Crippen molar-refractivity contribution in [3.63, 3.8) is 0 Å². The lowest BCUT2D eigenvalue weighted by Gasteiger charge is -2.13. The van der Waals surface area contributed by atoms with E-state index < -0.39 is 5.97 Å². The molecule has 1 aromatic heterocycles. The third-order valence-electron chi connectivity index (χ3n) is 3.40. The average molecular weight is 240 g/mol. The highest BCUT2D eigenvalue weighted by atomic mass is 16.4. The third-order valence-corrected chi connectivity index (χ3v) is 3.40. The summed E-state index contributed by atoms with van der Waals surface area (Å²) in [4.78, 5) is 19.2. The van der Waals surface area contributed by atoms with Crippen molar-refractivity contribution in [3.8, 4) is 0 Å². The molecule has 1 N–H and O–H groups in total. The van der Waals surface area contributed by atoms with Crippen LogP contribution in [-0.4, -0.2) is 21.0 Å². The molecule has 0 spiro atoms. The molecule has 0 saturated heterocycles. The van der Waals surface area contributed by atoms with Crippen LogP contribution in [-0.2, 0) is 5.41 Å². The molecule has 1 aromatic carbocycles. The topological polar surface area (TPSA) is 63.1 Å². The molecule has 1 fully saturated rings. The van der Waals surface area contributed by atoms with Crippen LogP contribution >= 0.6 is 0 Å². The molecule has 0 atom stereocenters. The van der Waals surface area contributed by atoms with Gasteiger partial charge in [-0.3, -0.25) is 0 Å². The van der Waals surface area contributed by atoms with E-state index >= 15 is 0 Å². The van der Waals surface area contributed by atoms with Gasteiger partial charge in [-0.25, -0.2) is 14.8 Å². The Morgan fingerprint density at radius 1 is 1.11 bits per heavy atom. The van der Waals surface area contributed by atoms with Crippen molar-refractivity contribution in [2.24, 2.45) is 0 Å². The molecule has 18 heavy (non-hydrogen) atoms. The molecule has 4 nitrogen and oxygen atoms in total. The number of aromatic nitrogens is 2. The Bertz CT molecular complexity index is 575. The van der Waals surface area contributed by atoms with Gasteiger partial charge in [-0.1, -0.05) is 30.3 Å². The van der Waals surface area contributed by atoms with E-state index in [2.05, 4.69) is 22.1 Å². The number of carbonyl (C=O) groups is 1. The number of nitrogens with zero attached hydrogens (tertiary/aromatic N) is 2. The second-order valence-electron chi connectivity index (χ2n) is 4.55. The summed E-state index contributed by atoms with van der Waals surface area (Å²) in [6, 6.07) is 10.1. The van der Waals surface area contributed by atoms with Gasteiger partial charge in [-0.15, -0.1) is 0 Å². The van der Waals surface area contributed by atoms with Gasteiger partial charge in [0.25, 0.3) is 0 Å². The Balaban J connectivity index is 1.98. The number of carboxylic acids is 1. The van der Waals surface area contributed by atoms with E-state index in [0.29, 0.717) is 0 Å². The van der Waals surface area contributed by atoms with Crippen LogP contribution in [0.25, 0.3) is 0 Å². The van der Waals surface area contributed by atoms with Crippen LogP contribution in [0.4, 0.5) is 0 Å². The van der Waals surface area contributed by atoms with Gasteiger partial charge in [-0.05, 0) is 18.4 Å². The average Bonchev–Trinajstić information content (AvgIpc) is 3.21. The van der Waals surface area contributed by atoms with Crippen LogP contribution in [0, 0.1) is 0 Å². The zero-order chi connectivity index (χ0) is 12.6. The molecule has 1 heterocycles. The lowest BCUT2D eigenvalue weighted by Crippen LogP contribution is -2.14. The maximum Gasteiger partial charge on any atom is 0.338 e. The molecule has 0 amide bonds. The molecule has 0 unspecified atom stereocenters. The molecule has 4 heteroatoms. The number of carboxylic acid groups (broad SMARTS) is 1. The fraction of sp³-hybridized carbons (Fsp3) is 0.214. The Hall–Kier alpha value is -2.23. The zero-order valence-corrected chi connectivity index (χ0v) is 9.71. The molecule has 0 aliphatic heterocycles. The fourth-order valence-electron chi connectivity index (χ4n) is 2.21. The number of hydrogen-bond acceptors (Lipinski definition) is 3. The van der Waals surface area contributed by atoms with E-state index in [1.807, 2.05) is 18.2 Å². The second-order valence-corrected chi connectivity index (χ2v) is 4.55. The van der Waals surface area contributed by atoms with E-state index in [-0.39, 0.29) is 11.0 Å². The van der Waals surface area contributed by atoms with Crippen molar-refractivity contribution in [1.29, 1.82) is 0 Å². The number of hydrogen-bond donors (Lipinski definition) is 1. The van der Waals surface area contributed by atoms with Gasteiger partial charge in [0, 0.05) is 12.4 Å². The summed E-state index contributed by atoms with van der Waals surface area (Å²) >= 11 is 0. The van der Waals surface area contributed by atoms with Crippen LogP contribution in [0.1, 0.15) is 34.6 Å². The minimum atomic E-state index is -0.994. The lowest BCUT2D eigenvalue weighted by atomic mass is 9.95. The highest BCUT2D eigenvalue weighted by Gasteiger charge is 2.48. The van der Waals surface area contributed by atoms with Crippen molar-refractivity contribution >= 4 is 5.97 Å². The van der Waals surface area contributed by atoms with Gasteiger partial charge in [0.1, 0.15) is 5.82 Å². The molecule has 1 aliphatic carbocycles. The van der Waals surface area contributed by atoms with Crippen molar-refractivity contribution in [1.82, 2.24) is 9.97 Å². The van der Waals surface area contributed by atoms with Crippen LogP contribution in [0.15, 0.2) is 42.7 Å². The maximum atomic E-state index is 10.8. The fourth-order valence-corrected chi connectivity index (χ4v) is 2.21. The van der Waals surface area contributed by atoms with Crippen molar-refractivity contribution < 1.29 is 9.90 Å². The van der Waals surface area contributed by atoms with Gasteiger partial charge < -0.3 is 5.11 Å². The minimum absolute atomic E-state index is 0.0989. The summed E-state index contributed by atoms with van der Waals surface area (Å²) in [6.07, 6.45) is 4.80. The van der Waals surface area contributed by atoms with E-state index in [9.17, 15) is 4.79 Å². The molecule has 1 saturated carbocycles. The lowest BCUT2D eigenvalue weighted by molar-refractivity contribution is 0.0696. The van der Waals surface area contributed by atoms with Gasteiger partial charge in [-0.2, -0.15) is 0 Å². The first-order valence-electron chi connectivity index (χ1n) is 5.84. The first-order chi connectivity index (χ1) is 8.72. The standard InChI is InChI=1S/C14H12N2O2/c17-12(18)10-8-15-13(16-9-10)14(6-7-14)11-4-2-1-3-5-11/h1-5,8-9H,6-7H2,(H,17,18). The van der Waals surface area contributed by atoms with Gasteiger partial charge in [0.2, 0.25) is 0 Å². The van der Waals surface area contributed by atoms with Crippen molar-refractivity contribution in [2.45, 2.75) is 18.3 Å². The van der Waals surface area contributed by atoms with E-state index in [4.69, 9.17) is 5.11 Å². The molecule has 0 bridgehead atoms. The van der Waals surface area contributed by atoms with Gasteiger partial charge in [0.15, 0.2) is 0 Å². The highest BCUT2D eigenvalue weighted by molar-refractivity contribution is 5.86. The first-order valence-corrected chi connectivity index (χ1v) is 5.84. The third kappa shape index (κ3) is 1.66. The number of aromatic carboxylic acids is 1. The predicted molar refractivity (Wildman–Crippen MR) is 65.4 cm³/mol. The summed E-state index contributed by atoms with van der Waals surface area (Å²) in [5, 5.41) is 8.83. The molecule has 90 valence electrons. The van der Waals surface area contributed by atoms with Crippen molar-refractivity contribution in [3.05, 3.63) is 59.7 Å². The van der Waals surface area contributed by atoms with E-state index in [0.717, 1.165) is 18.7 Å². The molecular weight excluding hydrogens is 228 g/mol. The van der Waals surface area contributed by atoms with E-state index in [1.165, 1.54) is 18.0 Å². The Morgan fingerprint density at radius 2 is 1.72 bits per heavy atom. The first kappa shape index (κ1) is 10.9. The number of benzene rings is 1. The van der Waals surface area contributed by atoms with Gasteiger partial charge >= 0.3 is 5.97 Å². The molecule has 3 rings (SSSR count). The predicted octanol–water partition coefficient (Wildman–Crippen LogP) is 2.25. The summed E-state index contributed by atoms with van der Waals surface area (Å²) in [6.45, 7) is 0. The van der Waals surface area contributed by atoms with E-state index in [1.54, 1.807) is 0 Å². The quantitative estimate of drug-likeness (QED) is 0.893.